The minimum absolute atomic E-state index is 0.125. The molecule has 0 aliphatic carbocycles. The maximum atomic E-state index is 11.5. The lowest BCUT2D eigenvalue weighted by atomic mass is 10.2. The Morgan fingerprint density at radius 1 is 1.43 bits per heavy atom. The average Bonchev–Trinajstić information content (AvgIpc) is 2.47. The van der Waals surface area contributed by atoms with E-state index in [0.717, 1.165) is 10.2 Å². The highest BCUT2D eigenvalue weighted by Crippen LogP contribution is 2.21. The normalized spacial score (nSPS) is 21.7. The molecule has 74 valence electrons. The van der Waals surface area contributed by atoms with Crippen LogP contribution in [0.5, 0.6) is 0 Å². The van der Waals surface area contributed by atoms with Gasteiger partial charge in [-0.1, -0.05) is 15.9 Å². The van der Waals surface area contributed by atoms with E-state index in [2.05, 4.69) is 21.4 Å². The van der Waals surface area contributed by atoms with Gasteiger partial charge < -0.3 is 0 Å². The maximum Gasteiger partial charge on any atom is 0.242 e. The number of benzene rings is 1. The van der Waals surface area contributed by atoms with Crippen LogP contribution in [0.4, 0.5) is 5.69 Å². The Labute approximate surface area is 91.2 Å². The summed E-state index contributed by atoms with van der Waals surface area (Å²) in [6, 6.07) is 7.90. The van der Waals surface area contributed by atoms with Crippen molar-refractivity contribution in [3.8, 4) is 0 Å². The first-order valence-electron chi connectivity index (χ1n) is 4.51. The Kier molecular flexibility index (Phi) is 2.56. The molecule has 2 rings (SSSR count). The number of rotatable bonds is 1. The SMILES string of the molecule is CC1CC(=O)N(c2ccc(Br)cc2)N1. The van der Waals surface area contributed by atoms with Crippen LogP contribution in [0.1, 0.15) is 13.3 Å². The lowest BCUT2D eigenvalue weighted by Crippen LogP contribution is -2.36. The molecule has 1 aromatic carbocycles. The Hall–Kier alpha value is -0.870. The maximum absolute atomic E-state index is 11.5. The van der Waals surface area contributed by atoms with E-state index in [9.17, 15) is 4.79 Å². The second-order valence-electron chi connectivity index (χ2n) is 3.44. The summed E-state index contributed by atoms with van der Waals surface area (Å²) in [5.74, 6) is 0.125. The first-order chi connectivity index (χ1) is 6.66. The number of nitrogens with one attached hydrogen (secondary N) is 1. The summed E-state index contributed by atoms with van der Waals surface area (Å²) in [4.78, 5) is 11.5. The first-order valence-corrected chi connectivity index (χ1v) is 5.31. The molecule has 4 heteroatoms. The summed E-state index contributed by atoms with van der Waals surface area (Å²) in [5.41, 5.74) is 4.00. The zero-order chi connectivity index (χ0) is 10.1. The highest BCUT2D eigenvalue weighted by Gasteiger charge is 2.26. The quantitative estimate of drug-likeness (QED) is 0.833. The molecule has 0 aromatic heterocycles. The number of amides is 1. The van der Waals surface area contributed by atoms with Crippen LogP contribution in [-0.2, 0) is 4.79 Å². The van der Waals surface area contributed by atoms with E-state index < -0.39 is 0 Å². The number of carbonyl (C=O) groups excluding carboxylic acids is 1. The van der Waals surface area contributed by atoms with Crippen LogP contribution in [0.2, 0.25) is 0 Å². The van der Waals surface area contributed by atoms with Crippen molar-refractivity contribution in [1.29, 1.82) is 0 Å². The van der Waals surface area contributed by atoms with Crippen LogP contribution >= 0.6 is 15.9 Å². The molecule has 0 bridgehead atoms. The van der Waals surface area contributed by atoms with Crippen LogP contribution < -0.4 is 10.4 Å². The van der Waals surface area contributed by atoms with E-state index >= 15 is 0 Å². The molecule has 1 N–H and O–H groups in total. The topological polar surface area (TPSA) is 32.3 Å². The Bertz CT molecular complexity index is 350. The molecule has 1 aliphatic heterocycles. The zero-order valence-electron chi connectivity index (χ0n) is 7.83. The van der Waals surface area contributed by atoms with Gasteiger partial charge >= 0.3 is 0 Å². The van der Waals surface area contributed by atoms with Crippen molar-refractivity contribution in [2.75, 3.05) is 5.01 Å². The van der Waals surface area contributed by atoms with Crippen LogP contribution in [0.3, 0.4) is 0 Å². The lowest BCUT2D eigenvalue weighted by molar-refractivity contribution is -0.117. The summed E-state index contributed by atoms with van der Waals surface area (Å²) in [6.07, 6.45) is 0.566. The fraction of sp³-hybridized carbons (Fsp3) is 0.300. The van der Waals surface area contributed by atoms with Gasteiger partial charge in [0.2, 0.25) is 5.91 Å². The monoisotopic (exact) mass is 254 g/mol. The van der Waals surface area contributed by atoms with E-state index in [-0.39, 0.29) is 11.9 Å². The van der Waals surface area contributed by atoms with Gasteiger partial charge in [0.1, 0.15) is 0 Å². The van der Waals surface area contributed by atoms with Gasteiger partial charge in [0.25, 0.3) is 0 Å². The molecule has 0 radical (unpaired) electrons. The molecule has 1 fully saturated rings. The van der Waals surface area contributed by atoms with Gasteiger partial charge in [0, 0.05) is 16.9 Å². The van der Waals surface area contributed by atoms with Gasteiger partial charge in [0.05, 0.1) is 5.69 Å². The minimum atomic E-state index is 0.125. The predicted molar refractivity (Wildman–Crippen MR) is 58.8 cm³/mol. The van der Waals surface area contributed by atoms with Crippen molar-refractivity contribution in [2.45, 2.75) is 19.4 Å². The van der Waals surface area contributed by atoms with E-state index in [1.165, 1.54) is 0 Å². The molecule has 1 saturated heterocycles. The van der Waals surface area contributed by atoms with E-state index in [4.69, 9.17) is 0 Å². The highest BCUT2D eigenvalue weighted by atomic mass is 79.9. The number of nitrogens with zero attached hydrogens (tertiary/aromatic N) is 1. The van der Waals surface area contributed by atoms with Crippen molar-refractivity contribution in [3.05, 3.63) is 28.7 Å². The third kappa shape index (κ3) is 1.81. The van der Waals surface area contributed by atoms with Crippen molar-refractivity contribution < 1.29 is 4.79 Å². The first kappa shape index (κ1) is 9.68. The molecule has 1 aromatic rings. The van der Waals surface area contributed by atoms with Crippen LogP contribution in [-0.4, -0.2) is 11.9 Å². The molecular formula is C10H11BrN2O. The minimum Gasteiger partial charge on any atom is -0.273 e. The van der Waals surface area contributed by atoms with Crippen LogP contribution in [0, 0.1) is 0 Å². The molecule has 1 aliphatic rings. The molecular weight excluding hydrogens is 244 g/mol. The Morgan fingerprint density at radius 3 is 2.57 bits per heavy atom. The third-order valence-corrected chi connectivity index (χ3v) is 2.69. The number of hydrogen-bond donors (Lipinski definition) is 1. The van der Waals surface area contributed by atoms with E-state index in [1.807, 2.05) is 31.2 Å². The van der Waals surface area contributed by atoms with Gasteiger partial charge in [-0.25, -0.2) is 10.4 Å². The number of hydrogen-bond acceptors (Lipinski definition) is 2. The van der Waals surface area contributed by atoms with Gasteiger partial charge in [-0.15, -0.1) is 0 Å². The predicted octanol–water partition coefficient (Wildman–Crippen LogP) is 2.08. The summed E-state index contributed by atoms with van der Waals surface area (Å²) >= 11 is 3.36. The Morgan fingerprint density at radius 2 is 2.07 bits per heavy atom. The lowest BCUT2D eigenvalue weighted by Gasteiger charge is -2.16. The zero-order valence-corrected chi connectivity index (χ0v) is 9.41. The number of halogens is 1. The molecule has 14 heavy (non-hydrogen) atoms. The molecule has 1 heterocycles. The standard InChI is InChI=1S/C10H11BrN2O/c1-7-6-10(14)13(12-7)9-4-2-8(11)3-5-9/h2-5,7,12H,6H2,1H3. The van der Waals surface area contributed by atoms with Crippen LogP contribution in [0.15, 0.2) is 28.7 Å². The second kappa shape index (κ2) is 3.71. The van der Waals surface area contributed by atoms with Crippen molar-refractivity contribution in [1.82, 2.24) is 5.43 Å². The largest absolute Gasteiger partial charge is 0.273 e. The summed E-state index contributed by atoms with van der Waals surface area (Å²) < 4.78 is 1.01. The van der Waals surface area contributed by atoms with Gasteiger partial charge in [-0.2, -0.15) is 0 Å². The smallest absolute Gasteiger partial charge is 0.242 e. The van der Waals surface area contributed by atoms with Crippen molar-refractivity contribution in [2.24, 2.45) is 0 Å². The number of hydrazine groups is 1. The van der Waals surface area contributed by atoms with Gasteiger partial charge in [-0.3, -0.25) is 4.79 Å². The van der Waals surface area contributed by atoms with Crippen molar-refractivity contribution in [3.63, 3.8) is 0 Å². The highest BCUT2D eigenvalue weighted by molar-refractivity contribution is 9.10. The van der Waals surface area contributed by atoms with Crippen LogP contribution in [0.25, 0.3) is 0 Å². The fourth-order valence-corrected chi connectivity index (χ4v) is 1.76. The summed E-state index contributed by atoms with van der Waals surface area (Å²) in [5, 5.41) is 1.61. The molecule has 3 nitrogen and oxygen atoms in total. The molecule has 0 saturated carbocycles. The van der Waals surface area contributed by atoms with E-state index in [0.29, 0.717) is 6.42 Å². The third-order valence-electron chi connectivity index (χ3n) is 2.16. The summed E-state index contributed by atoms with van der Waals surface area (Å²) in [6.45, 7) is 2.00. The second-order valence-corrected chi connectivity index (χ2v) is 4.36. The van der Waals surface area contributed by atoms with Gasteiger partial charge in [0.15, 0.2) is 0 Å². The molecule has 0 spiro atoms. The number of carbonyl (C=O) groups is 1. The summed E-state index contributed by atoms with van der Waals surface area (Å²) in [7, 11) is 0. The number of anilines is 1. The molecule has 1 atom stereocenters. The molecule has 1 amide bonds. The van der Waals surface area contributed by atoms with Crippen molar-refractivity contribution >= 4 is 27.5 Å². The fourth-order valence-electron chi connectivity index (χ4n) is 1.50. The molecule has 1 unspecified atom stereocenters. The van der Waals surface area contributed by atoms with E-state index in [1.54, 1.807) is 5.01 Å². The average molecular weight is 255 g/mol. The van der Waals surface area contributed by atoms with Gasteiger partial charge in [-0.05, 0) is 31.2 Å². The Balaban J connectivity index is 2.23.